The first-order chi connectivity index (χ1) is 14.4. The second-order valence-corrected chi connectivity index (χ2v) is 10.7. The van der Waals surface area contributed by atoms with Gasteiger partial charge < -0.3 is 21.9 Å². The van der Waals surface area contributed by atoms with E-state index >= 15 is 0 Å². The van der Waals surface area contributed by atoms with Crippen LogP contribution in [0.15, 0.2) is 60.7 Å². The van der Waals surface area contributed by atoms with Crippen LogP contribution in [0.4, 0.5) is 0 Å². The molecule has 5 heteroatoms. The van der Waals surface area contributed by atoms with Gasteiger partial charge in [0.25, 0.3) is 0 Å². The average molecular weight is 464 g/mol. The van der Waals surface area contributed by atoms with Crippen molar-refractivity contribution in [2.45, 2.75) is 60.3 Å². The lowest BCUT2D eigenvalue weighted by atomic mass is 9.69. The molecule has 0 spiro atoms. The zero-order chi connectivity index (χ0) is 23.1. The zero-order valence-electron chi connectivity index (χ0n) is 21.1. The summed E-state index contributed by atoms with van der Waals surface area (Å²) in [6, 6.07) is 20.6. The highest BCUT2D eigenvalue weighted by Gasteiger charge is 2.46. The minimum Gasteiger partial charge on any atom is -1.00 e. The van der Waals surface area contributed by atoms with Crippen molar-refractivity contribution in [2.75, 3.05) is 27.3 Å². The summed E-state index contributed by atoms with van der Waals surface area (Å²) in [5, 5.41) is 0. The van der Waals surface area contributed by atoms with Gasteiger partial charge in [-0.2, -0.15) is 9.48 Å². The summed E-state index contributed by atoms with van der Waals surface area (Å²) < 4.78 is 12.0. The number of hydrogen-bond acceptors (Lipinski definition) is 3. The Hall–Kier alpha value is -1.59. The first-order valence-corrected chi connectivity index (χ1v) is 11.3. The van der Waals surface area contributed by atoms with E-state index in [0.29, 0.717) is 17.9 Å². The molecule has 0 aliphatic carbocycles. The van der Waals surface area contributed by atoms with Gasteiger partial charge in [-0.15, -0.1) is 0 Å². The summed E-state index contributed by atoms with van der Waals surface area (Å²) in [6.45, 7) is 14.5. The first-order valence-electron chi connectivity index (χ1n) is 11.3. The third-order valence-corrected chi connectivity index (χ3v) is 5.33. The number of halogens is 1. The van der Waals surface area contributed by atoms with Crippen LogP contribution in [0.1, 0.15) is 59.6 Å². The second-order valence-electron chi connectivity index (χ2n) is 10.7. The molecule has 0 aliphatic rings. The van der Waals surface area contributed by atoms with Gasteiger partial charge in [0.1, 0.15) is 18.4 Å². The molecule has 0 saturated carbocycles. The fourth-order valence-corrected chi connectivity index (χ4v) is 5.11. The van der Waals surface area contributed by atoms with Gasteiger partial charge in [0.2, 0.25) is 6.29 Å². The molecule has 0 amide bonds. The third kappa shape index (κ3) is 9.11. The van der Waals surface area contributed by atoms with Gasteiger partial charge in [-0.1, -0.05) is 83.1 Å². The summed E-state index contributed by atoms with van der Waals surface area (Å²) in [5.74, 6) is 0.851. The molecule has 0 N–H and O–H groups in total. The van der Waals surface area contributed by atoms with Crippen LogP contribution in [0, 0.1) is 10.8 Å². The third-order valence-electron chi connectivity index (χ3n) is 5.33. The molecule has 0 bridgehead atoms. The van der Waals surface area contributed by atoms with Crippen molar-refractivity contribution in [2.24, 2.45) is 10.8 Å². The Balaban J connectivity index is 0.00000512. The van der Waals surface area contributed by atoms with Crippen LogP contribution in [0.25, 0.3) is 0 Å². The van der Waals surface area contributed by atoms with Crippen LogP contribution in [0.3, 0.4) is 0 Å². The van der Waals surface area contributed by atoms with Gasteiger partial charge in [-0.05, 0) is 30.9 Å². The minimum atomic E-state index is -0.356. The molecule has 32 heavy (non-hydrogen) atoms. The fraction of sp³-hybridized carbons (Fsp3) is 0.556. The van der Waals surface area contributed by atoms with Gasteiger partial charge in [0.15, 0.2) is 0 Å². The monoisotopic (exact) mass is 463 g/mol. The van der Waals surface area contributed by atoms with Gasteiger partial charge in [-0.25, -0.2) is 0 Å². The molecule has 2 aromatic rings. The molecule has 0 radical (unpaired) electrons. The summed E-state index contributed by atoms with van der Waals surface area (Å²) in [7, 11) is 4.25. The highest BCUT2D eigenvalue weighted by molar-refractivity contribution is 5.21. The van der Waals surface area contributed by atoms with Crippen molar-refractivity contribution >= 4 is 0 Å². The van der Waals surface area contributed by atoms with Crippen molar-refractivity contribution in [1.29, 1.82) is 0 Å². The predicted molar refractivity (Wildman–Crippen MR) is 128 cm³/mol. The summed E-state index contributed by atoms with van der Waals surface area (Å²) in [6.07, 6.45) is 0.719. The molecule has 0 saturated heterocycles. The highest BCUT2D eigenvalue weighted by atomic mass is 35.5. The molecular formula is C27H42ClNO3. The van der Waals surface area contributed by atoms with Crippen molar-refractivity contribution < 1.29 is 31.4 Å². The summed E-state index contributed by atoms with van der Waals surface area (Å²) in [4.78, 5) is 6.47. The molecule has 2 rings (SSSR count). The van der Waals surface area contributed by atoms with E-state index < -0.39 is 0 Å². The standard InChI is InChI=1S/C27H42NO3.ClH/c1-22(29-19-20-30-24-17-13-10-14-18-24)31-28(7,8)25(23-15-11-9-12-16-23)27(5,6)21-26(2,3)4;/h9-18,22,25H,19-21H2,1-8H3;1H/q+1;/p-1. The molecule has 0 aliphatic heterocycles. The van der Waals surface area contributed by atoms with E-state index in [1.807, 2.05) is 37.3 Å². The number of quaternary nitrogens is 1. The molecule has 4 nitrogen and oxygen atoms in total. The quantitative estimate of drug-likeness (QED) is 0.220. The molecule has 2 aromatic carbocycles. The van der Waals surface area contributed by atoms with E-state index in [-0.39, 0.29) is 35.6 Å². The van der Waals surface area contributed by atoms with E-state index in [2.05, 4.69) is 79.0 Å². The van der Waals surface area contributed by atoms with Gasteiger partial charge in [-0.3, -0.25) is 0 Å². The lowest BCUT2D eigenvalue weighted by Crippen LogP contribution is -3.00. The van der Waals surface area contributed by atoms with Crippen molar-refractivity contribution in [3.8, 4) is 5.75 Å². The topological polar surface area (TPSA) is 27.7 Å². The first kappa shape index (κ1) is 28.4. The number of benzene rings is 2. The largest absolute Gasteiger partial charge is 1.00 e. The number of nitrogens with zero attached hydrogens (tertiary/aromatic N) is 1. The molecule has 0 aromatic heterocycles. The van der Waals surface area contributed by atoms with E-state index in [4.69, 9.17) is 14.3 Å². The Labute approximate surface area is 201 Å². The number of hydrogen-bond donors (Lipinski definition) is 0. The summed E-state index contributed by atoms with van der Waals surface area (Å²) in [5.41, 5.74) is 1.51. The number of para-hydroxylation sites is 1. The van der Waals surface area contributed by atoms with E-state index in [1.54, 1.807) is 0 Å². The normalized spacial score (nSPS) is 14.4. The smallest absolute Gasteiger partial charge is 0.212 e. The number of rotatable bonds is 11. The molecular weight excluding hydrogens is 422 g/mol. The van der Waals surface area contributed by atoms with Gasteiger partial charge >= 0.3 is 0 Å². The van der Waals surface area contributed by atoms with Crippen LogP contribution in [-0.2, 0) is 9.57 Å². The second kappa shape index (κ2) is 12.0. The Kier molecular flexibility index (Phi) is 10.7. The molecule has 0 heterocycles. The lowest BCUT2D eigenvalue weighted by Gasteiger charge is -2.46. The van der Waals surface area contributed by atoms with Crippen molar-refractivity contribution in [1.82, 2.24) is 0 Å². The summed E-state index contributed by atoms with van der Waals surface area (Å²) >= 11 is 0. The van der Waals surface area contributed by atoms with Gasteiger partial charge in [0.05, 0.1) is 20.7 Å². The highest BCUT2D eigenvalue weighted by Crippen LogP contribution is 2.48. The van der Waals surface area contributed by atoms with Crippen molar-refractivity contribution in [3.63, 3.8) is 0 Å². The lowest BCUT2D eigenvalue weighted by molar-refractivity contribution is -1.11. The maximum absolute atomic E-state index is 6.47. The molecule has 2 unspecified atom stereocenters. The Morgan fingerprint density at radius 2 is 1.34 bits per heavy atom. The van der Waals surface area contributed by atoms with E-state index in [9.17, 15) is 0 Å². The van der Waals surface area contributed by atoms with E-state index in [0.717, 1.165) is 12.2 Å². The average Bonchev–Trinajstić information content (AvgIpc) is 2.64. The number of ether oxygens (including phenoxy) is 2. The number of hydroxylamine groups is 3. The van der Waals surface area contributed by atoms with Crippen LogP contribution < -0.4 is 17.1 Å². The van der Waals surface area contributed by atoms with Crippen LogP contribution in [0.2, 0.25) is 0 Å². The molecule has 0 fully saturated rings. The fourth-order valence-electron chi connectivity index (χ4n) is 5.11. The van der Waals surface area contributed by atoms with Crippen LogP contribution in [0.5, 0.6) is 5.75 Å². The maximum atomic E-state index is 6.47. The van der Waals surface area contributed by atoms with Crippen LogP contribution in [-0.4, -0.2) is 38.2 Å². The van der Waals surface area contributed by atoms with Gasteiger partial charge in [0, 0.05) is 11.0 Å². The van der Waals surface area contributed by atoms with Crippen molar-refractivity contribution in [3.05, 3.63) is 66.2 Å². The molecule has 2 atom stereocenters. The SMILES string of the molecule is CC(OCCOc1ccccc1)O[N+](C)(C)C(c1ccccc1)C(C)(C)CC(C)(C)C.[Cl-]. The molecule has 180 valence electrons. The Morgan fingerprint density at radius 3 is 1.88 bits per heavy atom. The zero-order valence-corrected chi connectivity index (χ0v) is 21.9. The Bertz CT molecular complexity index is 772. The minimum absolute atomic E-state index is 0. The predicted octanol–water partition coefficient (Wildman–Crippen LogP) is 3.64. The van der Waals surface area contributed by atoms with E-state index in [1.165, 1.54) is 5.56 Å². The Morgan fingerprint density at radius 1 is 0.812 bits per heavy atom. The maximum Gasteiger partial charge on any atom is 0.212 e. The van der Waals surface area contributed by atoms with Crippen LogP contribution >= 0.6 is 0 Å².